The summed E-state index contributed by atoms with van der Waals surface area (Å²) in [5.74, 6) is -0.734. The summed E-state index contributed by atoms with van der Waals surface area (Å²) in [6.45, 7) is 0.651. The summed E-state index contributed by atoms with van der Waals surface area (Å²) >= 11 is 0. The molecule has 0 spiro atoms. The molecule has 0 fully saturated rings. The van der Waals surface area contributed by atoms with Crippen LogP contribution in [0.15, 0.2) is 54.6 Å². The lowest BCUT2D eigenvalue weighted by molar-refractivity contribution is -0.119. The zero-order valence-corrected chi connectivity index (χ0v) is 13.9. The van der Waals surface area contributed by atoms with Gasteiger partial charge in [-0.15, -0.1) is 0 Å². The highest BCUT2D eigenvalue weighted by molar-refractivity contribution is 7.87. The Kier molecular flexibility index (Phi) is 4.66. The van der Waals surface area contributed by atoms with Crippen LogP contribution in [0.25, 0.3) is 0 Å². The van der Waals surface area contributed by atoms with Gasteiger partial charge in [0.05, 0.1) is 0 Å². The number of hydrogen-bond donors (Lipinski definition) is 2. The molecule has 1 atom stereocenters. The van der Waals surface area contributed by atoms with Gasteiger partial charge in [-0.3, -0.25) is 4.79 Å². The van der Waals surface area contributed by atoms with Crippen LogP contribution in [0, 0.1) is 0 Å². The van der Waals surface area contributed by atoms with Crippen LogP contribution >= 0.6 is 0 Å². The predicted molar refractivity (Wildman–Crippen MR) is 91.0 cm³/mol. The van der Waals surface area contributed by atoms with E-state index in [0.29, 0.717) is 18.5 Å². The largest absolute Gasteiger partial charge is 0.368 e. The van der Waals surface area contributed by atoms with Crippen molar-refractivity contribution >= 4 is 16.1 Å². The maximum Gasteiger partial charge on any atom is 0.280 e. The van der Waals surface area contributed by atoms with E-state index in [-0.39, 0.29) is 6.54 Å². The predicted octanol–water partition coefficient (Wildman–Crippen LogP) is 1.11. The van der Waals surface area contributed by atoms with Crippen molar-refractivity contribution in [1.82, 2.24) is 9.03 Å². The molecule has 0 unspecified atom stereocenters. The van der Waals surface area contributed by atoms with E-state index >= 15 is 0 Å². The van der Waals surface area contributed by atoms with Crippen molar-refractivity contribution in [3.63, 3.8) is 0 Å². The van der Waals surface area contributed by atoms with Crippen LogP contribution in [0.1, 0.15) is 22.7 Å². The lowest BCUT2D eigenvalue weighted by Crippen LogP contribution is -2.47. The molecule has 2 aromatic rings. The second-order valence-corrected chi connectivity index (χ2v) is 7.42. The molecule has 0 bridgehead atoms. The minimum atomic E-state index is -3.84. The second-order valence-electron chi connectivity index (χ2n) is 5.72. The molecular weight excluding hydrogens is 326 g/mol. The average Bonchev–Trinajstić information content (AvgIpc) is 2.60. The molecule has 7 heteroatoms. The molecule has 0 saturated heterocycles. The summed E-state index contributed by atoms with van der Waals surface area (Å²) in [7, 11) is -3.84. The smallest absolute Gasteiger partial charge is 0.280 e. The van der Waals surface area contributed by atoms with Gasteiger partial charge in [0.2, 0.25) is 5.91 Å². The standard InChI is InChI=1S/C17H19N3O3S/c18-17(21)16(14-7-2-1-3-8-14)19-24(22,23)20-11-10-13-6-4-5-9-15(13)12-20/h1-9,16,19H,10-12H2,(H2,18,21)/t16-/m0/s1. The Balaban J connectivity index is 1.82. The zero-order chi connectivity index (χ0) is 17.2. The van der Waals surface area contributed by atoms with Crippen LogP contribution in [-0.2, 0) is 28.0 Å². The van der Waals surface area contributed by atoms with Gasteiger partial charge in [-0.1, -0.05) is 54.6 Å². The van der Waals surface area contributed by atoms with E-state index in [2.05, 4.69) is 4.72 Å². The second kappa shape index (κ2) is 6.72. The molecule has 1 aliphatic heterocycles. The molecule has 1 heterocycles. The minimum absolute atomic E-state index is 0.284. The Morgan fingerprint density at radius 3 is 2.33 bits per heavy atom. The number of rotatable bonds is 5. The van der Waals surface area contributed by atoms with Crippen molar-refractivity contribution in [3.8, 4) is 0 Å². The van der Waals surface area contributed by atoms with E-state index in [4.69, 9.17) is 5.73 Å². The number of benzene rings is 2. The highest BCUT2D eigenvalue weighted by Crippen LogP contribution is 2.22. The molecule has 6 nitrogen and oxygen atoms in total. The average molecular weight is 345 g/mol. The van der Waals surface area contributed by atoms with E-state index < -0.39 is 22.2 Å². The van der Waals surface area contributed by atoms with Gasteiger partial charge in [0, 0.05) is 13.1 Å². The topological polar surface area (TPSA) is 92.5 Å². The maximum atomic E-state index is 12.7. The van der Waals surface area contributed by atoms with Crippen molar-refractivity contribution in [2.24, 2.45) is 5.73 Å². The van der Waals surface area contributed by atoms with Crippen molar-refractivity contribution in [3.05, 3.63) is 71.3 Å². The molecule has 0 saturated carbocycles. The number of nitrogens with zero attached hydrogens (tertiary/aromatic N) is 1. The van der Waals surface area contributed by atoms with Gasteiger partial charge in [-0.25, -0.2) is 0 Å². The Bertz CT molecular complexity index is 837. The molecule has 0 aromatic heterocycles. The molecule has 3 N–H and O–H groups in total. The van der Waals surface area contributed by atoms with Gasteiger partial charge in [-0.2, -0.15) is 17.4 Å². The molecule has 0 aliphatic carbocycles. The first kappa shape index (κ1) is 16.6. The summed E-state index contributed by atoms with van der Waals surface area (Å²) in [5, 5.41) is 0. The van der Waals surface area contributed by atoms with E-state index in [1.165, 1.54) is 4.31 Å². The number of carbonyl (C=O) groups excluding carboxylic acids is 1. The highest BCUT2D eigenvalue weighted by Gasteiger charge is 2.31. The molecular formula is C17H19N3O3S. The number of primary amides is 1. The van der Waals surface area contributed by atoms with Crippen molar-refractivity contribution in [1.29, 1.82) is 0 Å². The number of nitrogens with one attached hydrogen (secondary N) is 1. The fourth-order valence-corrected chi connectivity index (χ4v) is 4.17. The van der Waals surface area contributed by atoms with Crippen molar-refractivity contribution in [2.75, 3.05) is 6.54 Å². The van der Waals surface area contributed by atoms with E-state index in [9.17, 15) is 13.2 Å². The van der Waals surface area contributed by atoms with Crippen molar-refractivity contribution in [2.45, 2.75) is 19.0 Å². The van der Waals surface area contributed by atoms with E-state index in [1.54, 1.807) is 30.3 Å². The van der Waals surface area contributed by atoms with Gasteiger partial charge in [0.15, 0.2) is 0 Å². The SMILES string of the molecule is NC(=O)[C@@H](NS(=O)(=O)N1CCc2ccccc2C1)c1ccccc1. The van der Waals surface area contributed by atoms with Crippen LogP contribution in [-0.4, -0.2) is 25.2 Å². The molecule has 3 rings (SSSR count). The quantitative estimate of drug-likeness (QED) is 0.850. The van der Waals surface area contributed by atoms with Crippen LogP contribution < -0.4 is 10.5 Å². The van der Waals surface area contributed by atoms with Crippen LogP contribution in [0.2, 0.25) is 0 Å². The number of nitrogens with two attached hydrogens (primary N) is 1. The molecule has 0 radical (unpaired) electrons. The third-order valence-corrected chi connectivity index (χ3v) is 5.64. The lowest BCUT2D eigenvalue weighted by Gasteiger charge is -2.29. The summed E-state index contributed by atoms with van der Waals surface area (Å²) in [5.41, 5.74) is 8.04. The maximum absolute atomic E-state index is 12.7. The molecule has 1 aliphatic rings. The molecule has 2 aromatic carbocycles. The number of fused-ring (bicyclic) bond motifs is 1. The summed E-state index contributed by atoms with van der Waals surface area (Å²) < 4.78 is 29.2. The highest BCUT2D eigenvalue weighted by atomic mass is 32.2. The van der Waals surface area contributed by atoms with Gasteiger partial charge in [-0.05, 0) is 23.1 Å². The summed E-state index contributed by atoms with van der Waals surface area (Å²) in [6.07, 6.45) is 0.643. The Morgan fingerprint density at radius 2 is 1.67 bits per heavy atom. The first-order chi connectivity index (χ1) is 11.5. The van der Waals surface area contributed by atoms with Gasteiger partial charge in [0.1, 0.15) is 6.04 Å². The summed E-state index contributed by atoms with van der Waals surface area (Å²) in [6, 6.07) is 15.3. The monoisotopic (exact) mass is 345 g/mol. The molecule has 1 amide bonds. The van der Waals surface area contributed by atoms with Gasteiger partial charge >= 0.3 is 0 Å². The lowest BCUT2D eigenvalue weighted by atomic mass is 10.0. The normalized spacial score (nSPS) is 16.3. The third kappa shape index (κ3) is 3.48. The Morgan fingerprint density at radius 1 is 1.04 bits per heavy atom. The van der Waals surface area contributed by atoms with Crippen molar-refractivity contribution < 1.29 is 13.2 Å². The Hall–Kier alpha value is -2.22. The minimum Gasteiger partial charge on any atom is -0.368 e. The number of carbonyl (C=O) groups is 1. The Labute approximate surface area is 141 Å². The number of amides is 1. The zero-order valence-electron chi connectivity index (χ0n) is 13.1. The summed E-state index contributed by atoms with van der Waals surface area (Å²) in [4.78, 5) is 11.7. The first-order valence-corrected chi connectivity index (χ1v) is 9.10. The van der Waals surface area contributed by atoms with Crippen LogP contribution in [0.3, 0.4) is 0 Å². The molecule has 24 heavy (non-hydrogen) atoms. The first-order valence-electron chi connectivity index (χ1n) is 7.66. The van der Waals surface area contributed by atoms with E-state index in [1.807, 2.05) is 24.3 Å². The third-order valence-electron chi connectivity index (χ3n) is 4.12. The van der Waals surface area contributed by atoms with E-state index in [0.717, 1.165) is 11.1 Å². The fourth-order valence-electron chi connectivity index (χ4n) is 2.83. The van der Waals surface area contributed by atoms with Gasteiger partial charge < -0.3 is 5.73 Å². The molecule has 126 valence electrons. The van der Waals surface area contributed by atoms with Gasteiger partial charge in [0.25, 0.3) is 10.2 Å². The van der Waals surface area contributed by atoms with Crippen LogP contribution in [0.4, 0.5) is 0 Å². The fraction of sp³-hybridized carbons (Fsp3) is 0.235. The van der Waals surface area contributed by atoms with Crippen LogP contribution in [0.5, 0.6) is 0 Å². The number of hydrogen-bond acceptors (Lipinski definition) is 3.